The second kappa shape index (κ2) is 10.5. The zero-order valence-electron chi connectivity index (χ0n) is 17.8. The van der Waals surface area contributed by atoms with Crippen LogP contribution in [0.1, 0.15) is 12.5 Å². The van der Waals surface area contributed by atoms with Crippen LogP contribution in [-0.2, 0) is 14.8 Å². The number of hydrogen-bond acceptors (Lipinski definition) is 5. The second-order valence-corrected chi connectivity index (χ2v) is 9.20. The minimum Gasteiger partial charge on any atom is -0.497 e. The molecule has 0 radical (unpaired) electrons. The molecule has 7 nitrogen and oxygen atoms in total. The number of halogens is 2. The fourth-order valence-electron chi connectivity index (χ4n) is 2.86. The highest BCUT2D eigenvalue weighted by molar-refractivity contribution is 7.92. The predicted molar refractivity (Wildman–Crippen MR) is 126 cm³/mol. The first-order valence-corrected chi connectivity index (χ1v) is 11.5. The van der Waals surface area contributed by atoms with Crippen LogP contribution in [0.25, 0.3) is 0 Å². The normalized spacial score (nSPS) is 11.7. The Bertz CT molecular complexity index is 1250. The van der Waals surface area contributed by atoms with Gasteiger partial charge in [-0.1, -0.05) is 23.7 Å². The number of hydrogen-bond donors (Lipinski definition) is 1. The number of carbonyl (C=O) groups is 1. The molecule has 0 aliphatic rings. The van der Waals surface area contributed by atoms with E-state index in [1.165, 1.54) is 79.9 Å². The lowest BCUT2D eigenvalue weighted by atomic mass is 10.1. The molecule has 0 fully saturated rings. The lowest BCUT2D eigenvalue weighted by Gasteiger charge is -2.24. The first kappa shape index (κ1) is 24.2. The predicted octanol–water partition coefficient (Wildman–Crippen LogP) is 4.22. The number of benzene rings is 3. The van der Waals surface area contributed by atoms with Crippen LogP contribution < -0.4 is 14.5 Å². The zero-order valence-corrected chi connectivity index (χ0v) is 19.4. The molecule has 33 heavy (non-hydrogen) atoms. The molecule has 172 valence electrons. The molecule has 0 atom stereocenters. The summed E-state index contributed by atoms with van der Waals surface area (Å²) in [6, 6.07) is 17.5. The van der Waals surface area contributed by atoms with Crippen LogP contribution in [0.5, 0.6) is 5.75 Å². The van der Waals surface area contributed by atoms with Crippen molar-refractivity contribution in [2.24, 2.45) is 5.10 Å². The van der Waals surface area contributed by atoms with Crippen molar-refractivity contribution in [2.75, 3.05) is 18.0 Å². The van der Waals surface area contributed by atoms with Crippen LogP contribution >= 0.6 is 11.6 Å². The van der Waals surface area contributed by atoms with Gasteiger partial charge in [0.05, 0.1) is 23.4 Å². The molecule has 0 unspecified atom stereocenters. The van der Waals surface area contributed by atoms with Crippen LogP contribution in [0, 0.1) is 5.82 Å². The average molecular weight is 490 g/mol. The number of nitrogens with zero attached hydrogens (tertiary/aromatic N) is 2. The monoisotopic (exact) mass is 489 g/mol. The fraction of sp³-hybridized carbons (Fsp3) is 0.130. The first-order chi connectivity index (χ1) is 15.7. The van der Waals surface area contributed by atoms with Crippen molar-refractivity contribution in [3.05, 3.63) is 89.2 Å². The summed E-state index contributed by atoms with van der Waals surface area (Å²) in [5.74, 6) is -0.559. The molecular formula is C23H21ClFN3O4S. The zero-order chi connectivity index (χ0) is 24.0. The van der Waals surface area contributed by atoms with E-state index >= 15 is 0 Å². The number of amides is 1. The Morgan fingerprint density at radius 2 is 1.64 bits per heavy atom. The van der Waals surface area contributed by atoms with Gasteiger partial charge in [-0.15, -0.1) is 0 Å². The number of nitrogens with one attached hydrogen (secondary N) is 1. The summed E-state index contributed by atoms with van der Waals surface area (Å²) in [5, 5.41) is 4.42. The second-order valence-electron chi connectivity index (χ2n) is 6.90. The summed E-state index contributed by atoms with van der Waals surface area (Å²) >= 11 is 5.94. The van der Waals surface area contributed by atoms with E-state index in [0.717, 1.165) is 4.31 Å². The summed E-state index contributed by atoms with van der Waals surface area (Å²) in [7, 11) is -2.62. The fourth-order valence-corrected chi connectivity index (χ4v) is 4.41. The maximum Gasteiger partial charge on any atom is 0.264 e. The third-order valence-corrected chi connectivity index (χ3v) is 6.70. The highest BCUT2D eigenvalue weighted by Crippen LogP contribution is 2.26. The number of methoxy groups -OCH3 is 1. The largest absolute Gasteiger partial charge is 0.497 e. The molecule has 3 aromatic carbocycles. The lowest BCUT2D eigenvalue weighted by molar-refractivity contribution is -0.119. The van der Waals surface area contributed by atoms with Crippen molar-refractivity contribution < 1.29 is 22.3 Å². The summed E-state index contributed by atoms with van der Waals surface area (Å²) in [6.45, 7) is 1.11. The average Bonchev–Trinajstić information content (AvgIpc) is 2.82. The topological polar surface area (TPSA) is 88.1 Å². The summed E-state index contributed by atoms with van der Waals surface area (Å²) in [6.07, 6.45) is 0. The SMILES string of the molecule is COc1ccc(S(=O)(=O)N(CC(=O)N/N=C(/C)c2ccc(F)cc2)c2ccc(Cl)cc2)cc1. The lowest BCUT2D eigenvalue weighted by Crippen LogP contribution is -2.39. The number of anilines is 1. The number of hydrazone groups is 1. The van der Waals surface area contributed by atoms with Gasteiger partial charge in [0.15, 0.2) is 0 Å². The Labute approximate surface area is 196 Å². The van der Waals surface area contributed by atoms with E-state index in [9.17, 15) is 17.6 Å². The van der Waals surface area contributed by atoms with Gasteiger partial charge in [-0.25, -0.2) is 18.2 Å². The minimum atomic E-state index is -4.10. The van der Waals surface area contributed by atoms with Gasteiger partial charge in [-0.2, -0.15) is 5.10 Å². The van der Waals surface area contributed by atoms with E-state index in [-0.39, 0.29) is 10.6 Å². The molecule has 10 heteroatoms. The van der Waals surface area contributed by atoms with Gasteiger partial charge in [0.25, 0.3) is 15.9 Å². The molecule has 0 saturated heterocycles. The summed E-state index contributed by atoms with van der Waals surface area (Å²) < 4.78 is 45.8. The highest BCUT2D eigenvalue weighted by atomic mass is 35.5. The van der Waals surface area contributed by atoms with E-state index in [0.29, 0.717) is 22.0 Å². The molecule has 0 saturated carbocycles. The van der Waals surface area contributed by atoms with Gasteiger partial charge in [0.1, 0.15) is 18.1 Å². The van der Waals surface area contributed by atoms with Crippen molar-refractivity contribution >= 4 is 38.9 Å². The highest BCUT2D eigenvalue weighted by Gasteiger charge is 2.27. The summed E-state index contributed by atoms with van der Waals surface area (Å²) in [5.41, 5.74) is 3.64. The van der Waals surface area contributed by atoms with Gasteiger partial charge >= 0.3 is 0 Å². The van der Waals surface area contributed by atoms with Crippen molar-refractivity contribution in [2.45, 2.75) is 11.8 Å². The third-order valence-electron chi connectivity index (χ3n) is 4.66. The van der Waals surface area contributed by atoms with Crippen molar-refractivity contribution in [1.29, 1.82) is 0 Å². The van der Waals surface area contributed by atoms with Gasteiger partial charge in [-0.3, -0.25) is 9.10 Å². The van der Waals surface area contributed by atoms with Gasteiger partial charge < -0.3 is 4.74 Å². The van der Waals surface area contributed by atoms with Crippen molar-refractivity contribution in [1.82, 2.24) is 5.43 Å². The molecule has 1 N–H and O–H groups in total. The molecule has 0 aliphatic heterocycles. The molecule has 0 aromatic heterocycles. The smallest absolute Gasteiger partial charge is 0.264 e. The first-order valence-electron chi connectivity index (χ1n) is 9.72. The molecule has 0 aliphatic carbocycles. The molecule has 0 bridgehead atoms. The Balaban J connectivity index is 1.86. The quantitative estimate of drug-likeness (QED) is 0.379. The van der Waals surface area contributed by atoms with Gasteiger partial charge in [0.2, 0.25) is 0 Å². The molecule has 3 rings (SSSR count). The Hall–Kier alpha value is -3.43. The molecule has 1 amide bonds. The Kier molecular flexibility index (Phi) is 7.67. The number of ether oxygens (including phenoxy) is 1. The molecular weight excluding hydrogens is 469 g/mol. The van der Waals surface area contributed by atoms with Crippen LogP contribution in [0.3, 0.4) is 0 Å². The number of rotatable bonds is 8. The van der Waals surface area contributed by atoms with Gasteiger partial charge in [0, 0.05) is 5.02 Å². The maximum absolute atomic E-state index is 13.3. The van der Waals surface area contributed by atoms with Crippen LogP contribution in [0.15, 0.2) is 82.8 Å². The van der Waals surface area contributed by atoms with Crippen molar-refractivity contribution in [3.63, 3.8) is 0 Å². The van der Waals surface area contributed by atoms with E-state index in [1.807, 2.05) is 0 Å². The molecule has 0 spiro atoms. The Morgan fingerprint density at radius 1 is 1.03 bits per heavy atom. The van der Waals surface area contributed by atoms with Crippen LogP contribution in [0.4, 0.5) is 10.1 Å². The van der Waals surface area contributed by atoms with Crippen LogP contribution in [-0.4, -0.2) is 33.7 Å². The number of carbonyl (C=O) groups excluding carboxylic acids is 1. The summed E-state index contributed by atoms with van der Waals surface area (Å²) in [4.78, 5) is 12.6. The van der Waals surface area contributed by atoms with Gasteiger partial charge in [-0.05, 0) is 73.2 Å². The molecule has 0 heterocycles. The number of sulfonamides is 1. The standard InChI is InChI=1S/C23H21ClFN3O4S/c1-16(17-3-7-19(25)8-4-17)26-27-23(29)15-28(20-9-5-18(24)6-10-20)33(30,31)22-13-11-21(32-2)12-14-22/h3-14H,15H2,1-2H3,(H,27,29)/b26-16-. The van der Waals surface area contributed by atoms with E-state index in [4.69, 9.17) is 16.3 Å². The Morgan fingerprint density at radius 3 is 2.21 bits per heavy atom. The van der Waals surface area contributed by atoms with Crippen molar-refractivity contribution in [3.8, 4) is 5.75 Å². The van der Waals surface area contributed by atoms with Crippen LogP contribution in [0.2, 0.25) is 5.02 Å². The minimum absolute atomic E-state index is 0.0166. The van der Waals surface area contributed by atoms with E-state index in [1.54, 1.807) is 6.92 Å². The molecule has 3 aromatic rings. The third kappa shape index (κ3) is 6.09. The van der Waals surface area contributed by atoms with E-state index in [2.05, 4.69) is 10.5 Å². The van der Waals surface area contributed by atoms with E-state index < -0.39 is 28.3 Å². The maximum atomic E-state index is 13.3.